The number of amides is 1. The predicted octanol–water partition coefficient (Wildman–Crippen LogP) is 4.56. The average Bonchev–Trinajstić information content (AvgIpc) is 2.47. The van der Waals surface area contributed by atoms with Gasteiger partial charge in [-0.1, -0.05) is 0 Å². The molecule has 0 bridgehead atoms. The van der Waals surface area contributed by atoms with Gasteiger partial charge in [0.2, 0.25) is 0 Å². The zero-order valence-electron chi connectivity index (χ0n) is 13.5. The first-order chi connectivity index (χ1) is 11.0. The van der Waals surface area contributed by atoms with Gasteiger partial charge in [-0.2, -0.15) is 13.2 Å². The SMILES string of the molecule is CC(C)(C)Nc1ccc(NC(=O)c2ccc(C(F)(F)F)cc2)nc1. The molecule has 0 spiro atoms. The molecule has 2 aromatic rings. The second-order valence-corrected chi connectivity index (χ2v) is 6.34. The molecule has 0 saturated carbocycles. The number of hydrogen-bond acceptors (Lipinski definition) is 3. The standard InChI is InChI=1S/C17H18F3N3O/c1-16(2,3)23-13-8-9-14(21-10-13)22-15(24)11-4-6-12(7-5-11)17(18,19)20/h4-10,23H,1-3H3,(H,21,22,24). The van der Waals surface area contributed by atoms with Gasteiger partial charge in [-0.15, -0.1) is 0 Å². The van der Waals surface area contributed by atoms with Crippen LogP contribution in [-0.2, 0) is 6.18 Å². The fourth-order valence-corrected chi connectivity index (χ4v) is 1.97. The second kappa shape index (κ2) is 6.51. The Balaban J connectivity index is 2.04. The second-order valence-electron chi connectivity index (χ2n) is 6.34. The van der Waals surface area contributed by atoms with Crippen LogP contribution in [0.3, 0.4) is 0 Å². The van der Waals surface area contributed by atoms with Gasteiger partial charge in [0.05, 0.1) is 17.4 Å². The van der Waals surface area contributed by atoms with Gasteiger partial charge in [0.25, 0.3) is 5.91 Å². The molecule has 1 amide bonds. The first-order valence-corrected chi connectivity index (χ1v) is 7.27. The average molecular weight is 337 g/mol. The molecule has 0 saturated heterocycles. The van der Waals surface area contributed by atoms with E-state index in [4.69, 9.17) is 0 Å². The van der Waals surface area contributed by atoms with Crippen molar-refractivity contribution in [2.75, 3.05) is 10.6 Å². The summed E-state index contributed by atoms with van der Waals surface area (Å²) in [5.41, 5.74) is 0.0126. The van der Waals surface area contributed by atoms with Crippen molar-refractivity contribution in [1.82, 2.24) is 4.98 Å². The monoisotopic (exact) mass is 337 g/mol. The summed E-state index contributed by atoms with van der Waals surface area (Å²) < 4.78 is 37.5. The number of alkyl halides is 3. The van der Waals surface area contributed by atoms with Crippen LogP contribution in [-0.4, -0.2) is 16.4 Å². The van der Waals surface area contributed by atoms with Gasteiger partial charge in [-0.25, -0.2) is 4.98 Å². The van der Waals surface area contributed by atoms with Gasteiger partial charge >= 0.3 is 6.18 Å². The van der Waals surface area contributed by atoms with Crippen molar-refractivity contribution in [3.63, 3.8) is 0 Å². The fraction of sp³-hybridized carbons (Fsp3) is 0.294. The number of anilines is 2. The summed E-state index contributed by atoms with van der Waals surface area (Å²) in [4.78, 5) is 16.2. The molecule has 1 aromatic heterocycles. The van der Waals surface area contributed by atoms with Crippen molar-refractivity contribution in [2.45, 2.75) is 32.5 Å². The van der Waals surface area contributed by atoms with Crippen LogP contribution in [0.1, 0.15) is 36.7 Å². The zero-order chi connectivity index (χ0) is 18.0. The number of carbonyl (C=O) groups is 1. The maximum atomic E-state index is 12.5. The predicted molar refractivity (Wildman–Crippen MR) is 87.0 cm³/mol. The van der Waals surface area contributed by atoms with Crippen LogP contribution in [0.25, 0.3) is 0 Å². The van der Waals surface area contributed by atoms with Crippen LogP contribution >= 0.6 is 0 Å². The molecule has 128 valence electrons. The van der Waals surface area contributed by atoms with Crippen LogP contribution < -0.4 is 10.6 Å². The number of carbonyl (C=O) groups excluding carboxylic acids is 1. The normalized spacial score (nSPS) is 11.9. The number of aromatic nitrogens is 1. The third kappa shape index (κ3) is 4.97. The van der Waals surface area contributed by atoms with E-state index in [-0.39, 0.29) is 11.1 Å². The van der Waals surface area contributed by atoms with Gasteiger partial charge in [0, 0.05) is 11.1 Å². The Labute approximate surface area is 138 Å². The van der Waals surface area contributed by atoms with Gasteiger partial charge in [0.15, 0.2) is 0 Å². The van der Waals surface area contributed by atoms with E-state index in [2.05, 4.69) is 15.6 Å². The van der Waals surface area contributed by atoms with E-state index >= 15 is 0 Å². The molecule has 1 aromatic carbocycles. The summed E-state index contributed by atoms with van der Waals surface area (Å²) in [6.45, 7) is 6.02. The number of nitrogens with one attached hydrogen (secondary N) is 2. The van der Waals surface area contributed by atoms with Crippen LogP contribution in [0.4, 0.5) is 24.7 Å². The van der Waals surface area contributed by atoms with Crippen molar-refractivity contribution in [3.8, 4) is 0 Å². The van der Waals surface area contributed by atoms with Crippen molar-refractivity contribution < 1.29 is 18.0 Å². The fourth-order valence-electron chi connectivity index (χ4n) is 1.97. The number of benzene rings is 1. The number of halogens is 3. The molecule has 0 fully saturated rings. The molecule has 0 aliphatic rings. The molecular weight excluding hydrogens is 319 g/mol. The van der Waals surface area contributed by atoms with E-state index < -0.39 is 17.6 Å². The lowest BCUT2D eigenvalue weighted by Crippen LogP contribution is -2.26. The van der Waals surface area contributed by atoms with Gasteiger partial charge in [0.1, 0.15) is 5.82 Å². The largest absolute Gasteiger partial charge is 0.416 e. The highest BCUT2D eigenvalue weighted by molar-refractivity contribution is 6.03. The van der Waals surface area contributed by atoms with E-state index in [1.54, 1.807) is 18.3 Å². The molecule has 2 rings (SSSR count). The number of rotatable bonds is 3. The highest BCUT2D eigenvalue weighted by atomic mass is 19.4. The summed E-state index contributed by atoms with van der Waals surface area (Å²) >= 11 is 0. The number of nitrogens with zero attached hydrogens (tertiary/aromatic N) is 1. The van der Waals surface area contributed by atoms with Crippen LogP contribution in [0.2, 0.25) is 0 Å². The Kier molecular flexibility index (Phi) is 4.82. The maximum absolute atomic E-state index is 12.5. The van der Waals surface area contributed by atoms with Crippen molar-refractivity contribution >= 4 is 17.4 Å². The summed E-state index contributed by atoms with van der Waals surface area (Å²) in [6.07, 6.45) is -2.85. The minimum atomic E-state index is -4.42. The quantitative estimate of drug-likeness (QED) is 0.863. The molecule has 7 heteroatoms. The van der Waals surface area contributed by atoms with E-state index in [0.717, 1.165) is 30.0 Å². The van der Waals surface area contributed by atoms with Crippen LogP contribution in [0.15, 0.2) is 42.6 Å². The molecule has 1 heterocycles. The first kappa shape index (κ1) is 17.8. The lowest BCUT2D eigenvalue weighted by Gasteiger charge is -2.21. The molecular formula is C17H18F3N3O. The van der Waals surface area contributed by atoms with Gasteiger partial charge < -0.3 is 10.6 Å². The number of hydrogen-bond donors (Lipinski definition) is 2. The van der Waals surface area contributed by atoms with E-state index in [1.165, 1.54) is 0 Å². The zero-order valence-corrected chi connectivity index (χ0v) is 13.5. The van der Waals surface area contributed by atoms with E-state index in [0.29, 0.717) is 5.82 Å². The smallest absolute Gasteiger partial charge is 0.379 e. The molecule has 0 aliphatic heterocycles. The molecule has 0 unspecified atom stereocenters. The molecule has 24 heavy (non-hydrogen) atoms. The highest BCUT2D eigenvalue weighted by Crippen LogP contribution is 2.29. The maximum Gasteiger partial charge on any atom is 0.416 e. The van der Waals surface area contributed by atoms with Crippen LogP contribution in [0, 0.1) is 0 Å². The Morgan fingerprint density at radius 3 is 2.08 bits per heavy atom. The van der Waals surface area contributed by atoms with E-state index in [1.807, 2.05) is 20.8 Å². The minimum Gasteiger partial charge on any atom is -0.379 e. The molecule has 4 nitrogen and oxygen atoms in total. The summed E-state index contributed by atoms with van der Waals surface area (Å²) in [5.74, 6) is -0.202. The third-order valence-electron chi connectivity index (χ3n) is 3.00. The Hall–Kier alpha value is -2.57. The van der Waals surface area contributed by atoms with Crippen LogP contribution in [0.5, 0.6) is 0 Å². The van der Waals surface area contributed by atoms with Gasteiger partial charge in [-0.05, 0) is 57.2 Å². The molecule has 0 atom stereocenters. The number of pyridine rings is 1. The Morgan fingerprint density at radius 1 is 1.00 bits per heavy atom. The third-order valence-corrected chi connectivity index (χ3v) is 3.00. The van der Waals surface area contributed by atoms with Crippen molar-refractivity contribution in [2.24, 2.45) is 0 Å². The Bertz CT molecular complexity index is 702. The van der Waals surface area contributed by atoms with Crippen molar-refractivity contribution in [1.29, 1.82) is 0 Å². The lowest BCUT2D eigenvalue weighted by molar-refractivity contribution is -0.137. The highest BCUT2D eigenvalue weighted by Gasteiger charge is 2.30. The summed E-state index contributed by atoms with van der Waals surface area (Å²) in [5, 5.41) is 5.78. The van der Waals surface area contributed by atoms with E-state index in [9.17, 15) is 18.0 Å². The molecule has 0 aliphatic carbocycles. The molecule has 0 radical (unpaired) electrons. The van der Waals surface area contributed by atoms with Gasteiger partial charge in [-0.3, -0.25) is 4.79 Å². The van der Waals surface area contributed by atoms with Crippen molar-refractivity contribution in [3.05, 3.63) is 53.7 Å². The molecule has 2 N–H and O–H groups in total. The first-order valence-electron chi connectivity index (χ1n) is 7.27. The topological polar surface area (TPSA) is 54.0 Å². The summed E-state index contributed by atoms with van der Waals surface area (Å²) in [7, 11) is 0. The Morgan fingerprint density at radius 2 is 1.62 bits per heavy atom. The minimum absolute atomic E-state index is 0.118. The lowest BCUT2D eigenvalue weighted by atomic mass is 10.1. The summed E-state index contributed by atoms with van der Waals surface area (Å²) in [6, 6.07) is 7.40.